The van der Waals surface area contributed by atoms with Gasteiger partial charge in [-0.05, 0) is 19.8 Å². The van der Waals surface area contributed by atoms with Gasteiger partial charge in [0, 0.05) is 5.56 Å². The van der Waals surface area contributed by atoms with E-state index in [-0.39, 0.29) is 5.54 Å². The fourth-order valence-electron chi connectivity index (χ4n) is 2.01. The maximum absolute atomic E-state index is 6.19. The van der Waals surface area contributed by atoms with Crippen molar-refractivity contribution in [1.29, 1.82) is 0 Å². The highest BCUT2D eigenvalue weighted by Crippen LogP contribution is 2.37. The summed E-state index contributed by atoms with van der Waals surface area (Å²) in [5.41, 5.74) is 7.05. The van der Waals surface area contributed by atoms with Gasteiger partial charge in [0.05, 0.1) is 11.7 Å². The molecule has 1 aliphatic carbocycles. The van der Waals surface area contributed by atoms with Crippen molar-refractivity contribution in [2.75, 3.05) is 0 Å². The first-order valence-corrected chi connectivity index (χ1v) is 4.43. The normalized spacial score (nSPS) is 21.5. The van der Waals surface area contributed by atoms with E-state index in [1.807, 2.05) is 6.92 Å². The van der Waals surface area contributed by atoms with Crippen LogP contribution in [0.3, 0.4) is 0 Å². The maximum Gasteiger partial charge on any atom is 0.159 e. The van der Waals surface area contributed by atoms with Gasteiger partial charge >= 0.3 is 0 Å². The predicted octanol–water partition coefficient (Wildman–Crippen LogP) is 1.71. The lowest BCUT2D eigenvalue weighted by Gasteiger charge is -2.20. The van der Waals surface area contributed by atoms with Crippen LogP contribution in [0.25, 0.3) is 0 Å². The SMILES string of the molecule is Cc1cnoc1C1(N)CCCC1. The van der Waals surface area contributed by atoms with Crippen molar-refractivity contribution in [1.82, 2.24) is 5.16 Å². The maximum atomic E-state index is 6.19. The first kappa shape index (κ1) is 7.80. The Morgan fingerprint density at radius 3 is 2.67 bits per heavy atom. The van der Waals surface area contributed by atoms with Crippen molar-refractivity contribution in [3.8, 4) is 0 Å². The zero-order valence-corrected chi connectivity index (χ0v) is 7.34. The summed E-state index contributed by atoms with van der Waals surface area (Å²) in [7, 11) is 0. The molecule has 0 unspecified atom stereocenters. The molecule has 0 saturated heterocycles. The van der Waals surface area contributed by atoms with E-state index in [4.69, 9.17) is 10.3 Å². The molecular formula is C9H14N2O. The fourth-order valence-corrected chi connectivity index (χ4v) is 2.01. The number of rotatable bonds is 1. The van der Waals surface area contributed by atoms with Gasteiger partial charge < -0.3 is 10.3 Å². The van der Waals surface area contributed by atoms with Crippen molar-refractivity contribution in [3.05, 3.63) is 17.5 Å². The van der Waals surface area contributed by atoms with E-state index >= 15 is 0 Å². The van der Waals surface area contributed by atoms with Gasteiger partial charge in [-0.25, -0.2) is 0 Å². The summed E-state index contributed by atoms with van der Waals surface area (Å²) in [5, 5.41) is 3.76. The Morgan fingerprint density at radius 1 is 1.50 bits per heavy atom. The molecule has 1 fully saturated rings. The van der Waals surface area contributed by atoms with E-state index in [1.54, 1.807) is 6.20 Å². The smallest absolute Gasteiger partial charge is 0.159 e. The van der Waals surface area contributed by atoms with Crippen LogP contribution in [0.15, 0.2) is 10.7 Å². The van der Waals surface area contributed by atoms with Gasteiger partial charge in [-0.15, -0.1) is 0 Å². The van der Waals surface area contributed by atoms with E-state index in [0.29, 0.717) is 0 Å². The van der Waals surface area contributed by atoms with Crippen LogP contribution < -0.4 is 5.73 Å². The van der Waals surface area contributed by atoms with Crippen molar-refractivity contribution < 1.29 is 4.52 Å². The number of hydrogen-bond acceptors (Lipinski definition) is 3. The Bertz CT molecular complexity index is 274. The molecule has 12 heavy (non-hydrogen) atoms. The van der Waals surface area contributed by atoms with Gasteiger partial charge in [-0.2, -0.15) is 0 Å². The molecule has 1 heterocycles. The molecule has 0 spiro atoms. The van der Waals surface area contributed by atoms with Gasteiger partial charge in [0.15, 0.2) is 5.76 Å². The van der Waals surface area contributed by atoms with Gasteiger partial charge in [0.25, 0.3) is 0 Å². The first-order chi connectivity index (χ1) is 5.72. The Morgan fingerprint density at radius 2 is 2.17 bits per heavy atom. The second-order valence-corrected chi connectivity index (χ2v) is 3.70. The summed E-state index contributed by atoms with van der Waals surface area (Å²) >= 11 is 0. The summed E-state index contributed by atoms with van der Waals surface area (Å²) in [6.45, 7) is 2.00. The third-order valence-electron chi connectivity index (χ3n) is 2.70. The number of nitrogens with zero attached hydrogens (tertiary/aromatic N) is 1. The van der Waals surface area contributed by atoms with E-state index in [2.05, 4.69) is 5.16 Å². The number of nitrogens with two attached hydrogens (primary N) is 1. The summed E-state index contributed by atoms with van der Waals surface area (Å²) < 4.78 is 5.18. The Balaban J connectivity index is 2.34. The molecule has 0 radical (unpaired) electrons. The van der Waals surface area contributed by atoms with E-state index in [9.17, 15) is 0 Å². The number of hydrogen-bond donors (Lipinski definition) is 1. The highest BCUT2D eigenvalue weighted by atomic mass is 16.5. The monoisotopic (exact) mass is 166 g/mol. The molecule has 0 bridgehead atoms. The Hall–Kier alpha value is -0.830. The largest absolute Gasteiger partial charge is 0.359 e. The highest BCUT2D eigenvalue weighted by molar-refractivity contribution is 5.21. The highest BCUT2D eigenvalue weighted by Gasteiger charge is 2.35. The zero-order valence-electron chi connectivity index (χ0n) is 7.34. The van der Waals surface area contributed by atoms with Crippen molar-refractivity contribution in [2.24, 2.45) is 5.73 Å². The minimum Gasteiger partial charge on any atom is -0.359 e. The second-order valence-electron chi connectivity index (χ2n) is 3.70. The zero-order chi connectivity index (χ0) is 8.60. The molecule has 2 N–H and O–H groups in total. The topological polar surface area (TPSA) is 52.0 Å². The summed E-state index contributed by atoms with van der Waals surface area (Å²) in [4.78, 5) is 0. The minimum atomic E-state index is -0.222. The number of aryl methyl sites for hydroxylation is 1. The van der Waals surface area contributed by atoms with Gasteiger partial charge in [0.1, 0.15) is 0 Å². The molecule has 66 valence electrons. The minimum absolute atomic E-state index is 0.222. The third-order valence-corrected chi connectivity index (χ3v) is 2.70. The molecule has 2 rings (SSSR count). The van der Waals surface area contributed by atoms with Crippen LogP contribution in [0.4, 0.5) is 0 Å². The van der Waals surface area contributed by atoms with Crippen LogP contribution in [0.2, 0.25) is 0 Å². The van der Waals surface area contributed by atoms with Crippen molar-refractivity contribution >= 4 is 0 Å². The molecule has 1 saturated carbocycles. The molecular weight excluding hydrogens is 152 g/mol. The quantitative estimate of drug-likeness (QED) is 0.691. The molecule has 3 heteroatoms. The first-order valence-electron chi connectivity index (χ1n) is 4.43. The Labute approximate surface area is 71.9 Å². The van der Waals surface area contributed by atoms with Gasteiger partial charge in [-0.3, -0.25) is 0 Å². The van der Waals surface area contributed by atoms with Crippen LogP contribution in [-0.2, 0) is 5.54 Å². The average molecular weight is 166 g/mol. The average Bonchev–Trinajstić information content (AvgIpc) is 2.59. The molecule has 3 nitrogen and oxygen atoms in total. The van der Waals surface area contributed by atoms with Crippen LogP contribution in [0.1, 0.15) is 37.0 Å². The van der Waals surface area contributed by atoms with Crippen LogP contribution in [-0.4, -0.2) is 5.16 Å². The lowest BCUT2D eigenvalue weighted by atomic mass is 9.93. The molecule has 0 aliphatic heterocycles. The van der Waals surface area contributed by atoms with Crippen LogP contribution in [0, 0.1) is 6.92 Å². The van der Waals surface area contributed by atoms with Gasteiger partial charge in [-0.1, -0.05) is 18.0 Å². The summed E-state index contributed by atoms with van der Waals surface area (Å²) in [6.07, 6.45) is 6.21. The molecule has 0 atom stereocenters. The van der Waals surface area contributed by atoms with Crippen molar-refractivity contribution in [3.63, 3.8) is 0 Å². The van der Waals surface area contributed by atoms with E-state index < -0.39 is 0 Å². The van der Waals surface area contributed by atoms with E-state index in [0.717, 1.165) is 24.2 Å². The standard InChI is InChI=1S/C9H14N2O/c1-7-6-11-12-8(7)9(10)4-2-3-5-9/h6H,2-5,10H2,1H3. The van der Waals surface area contributed by atoms with Crippen LogP contribution >= 0.6 is 0 Å². The summed E-state index contributed by atoms with van der Waals surface area (Å²) in [5.74, 6) is 0.889. The molecule has 1 aliphatic rings. The van der Waals surface area contributed by atoms with Gasteiger partial charge in [0.2, 0.25) is 0 Å². The molecule has 0 aromatic carbocycles. The summed E-state index contributed by atoms with van der Waals surface area (Å²) in [6, 6.07) is 0. The Kier molecular flexibility index (Phi) is 1.68. The third kappa shape index (κ3) is 1.05. The lowest BCUT2D eigenvalue weighted by Crippen LogP contribution is -2.33. The second kappa shape index (κ2) is 2.59. The lowest BCUT2D eigenvalue weighted by molar-refractivity contribution is 0.293. The number of aromatic nitrogens is 1. The van der Waals surface area contributed by atoms with Crippen LogP contribution in [0.5, 0.6) is 0 Å². The molecule has 0 amide bonds. The molecule has 1 aromatic heterocycles. The van der Waals surface area contributed by atoms with Crippen molar-refractivity contribution in [2.45, 2.75) is 38.1 Å². The fraction of sp³-hybridized carbons (Fsp3) is 0.667. The van der Waals surface area contributed by atoms with E-state index in [1.165, 1.54) is 12.8 Å². The molecule has 1 aromatic rings. The predicted molar refractivity (Wildman–Crippen MR) is 45.6 cm³/mol.